The van der Waals surface area contributed by atoms with E-state index in [0.29, 0.717) is 6.04 Å². The van der Waals surface area contributed by atoms with Gasteiger partial charge in [0.25, 0.3) is 0 Å². The van der Waals surface area contributed by atoms with E-state index in [4.69, 9.17) is 10.00 Å². The van der Waals surface area contributed by atoms with Gasteiger partial charge in [0.15, 0.2) is 0 Å². The molecule has 0 radical (unpaired) electrons. The SMILES string of the molecule is N#CC1(CNC2COC2)CC1. The molecule has 0 aromatic heterocycles. The molecule has 11 heavy (non-hydrogen) atoms. The van der Waals surface area contributed by atoms with Crippen LogP contribution >= 0.6 is 0 Å². The standard InChI is InChI=1S/C8H12N2O/c9-5-8(1-2-8)6-10-7-3-11-4-7/h7,10H,1-4,6H2. The first-order valence-electron chi connectivity index (χ1n) is 4.07. The first-order chi connectivity index (χ1) is 5.35. The fraction of sp³-hybridized carbons (Fsp3) is 0.875. The second-order valence-electron chi connectivity index (χ2n) is 3.51. The molecular weight excluding hydrogens is 140 g/mol. The van der Waals surface area contributed by atoms with E-state index in [0.717, 1.165) is 32.6 Å². The number of nitriles is 1. The molecule has 0 bridgehead atoms. The summed E-state index contributed by atoms with van der Waals surface area (Å²) >= 11 is 0. The van der Waals surface area contributed by atoms with Crippen LogP contribution in [-0.4, -0.2) is 25.8 Å². The second-order valence-corrected chi connectivity index (χ2v) is 3.51. The topological polar surface area (TPSA) is 45.0 Å². The Labute approximate surface area is 66.3 Å². The highest BCUT2D eigenvalue weighted by Gasteiger charge is 2.43. The minimum atomic E-state index is -0.00438. The Balaban J connectivity index is 1.70. The van der Waals surface area contributed by atoms with Gasteiger partial charge in [-0.15, -0.1) is 0 Å². The summed E-state index contributed by atoms with van der Waals surface area (Å²) in [4.78, 5) is 0. The van der Waals surface area contributed by atoms with E-state index < -0.39 is 0 Å². The van der Waals surface area contributed by atoms with E-state index in [-0.39, 0.29) is 5.41 Å². The van der Waals surface area contributed by atoms with Gasteiger partial charge in [-0.1, -0.05) is 0 Å². The molecule has 60 valence electrons. The fourth-order valence-electron chi connectivity index (χ4n) is 1.17. The molecular formula is C8H12N2O. The van der Waals surface area contributed by atoms with E-state index in [2.05, 4.69) is 11.4 Å². The smallest absolute Gasteiger partial charge is 0.0703 e. The highest BCUT2D eigenvalue weighted by Crippen LogP contribution is 2.44. The lowest BCUT2D eigenvalue weighted by molar-refractivity contribution is -0.00612. The van der Waals surface area contributed by atoms with E-state index in [9.17, 15) is 0 Å². The van der Waals surface area contributed by atoms with Gasteiger partial charge in [-0.2, -0.15) is 5.26 Å². The Kier molecular flexibility index (Phi) is 1.59. The minimum Gasteiger partial charge on any atom is -0.378 e. The number of rotatable bonds is 3. The third kappa shape index (κ3) is 1.37. The van der Waals surface area contributed by atoms with Gasteiger partial charge in [0.1, 0.15) is 0 Å². The zero-order valence-electron chi connectivity index (χ0n) is 6.47. The van der Waals surface area contributed by atoms with Crippen LogP contribution in [-0.2, 0) is 4.74 Å². The summed E-state index contributed by atoms with van der Waals surface area (Å²) in [5.74, 6) is 0. The summed E-state index contributed by atoms with van der Waals surface area (Å²) in [6.45, 7) is 2.50. The summed E-state index contributed by atoms with van der Waals surface area (Å²) in [6, 6.07) is 2.87. The molecule has 0 unspecified atom stereocenters. The summed E-state index contributed by atoms with van der Waals surface area (Å²) < 4.78 is 5.01. The van der Waals surface area contributed by atoms with Crippen LogP contribution in [0.5, 0.6) is 0 Å². The van der Waals surface area contributed by atoms with Crippen LogP contribution in [0.3, 0.4) is 0 Å². The summed E-state index contributed by atoms with van der Waals surface area (Å²) in [5.41, 5.74) is -0.00438. The largest absolute Gasteiger partial charge is 0.378 e. The Hall–Kier alpha value is -0.590. The molecule has 0 amide bonds. The number of nitrogens with one attached hydrogen (secondary N) is 1. The number of nitrogens with zero attached hydrogens (tertiary/aromatic N) is 1. The molecule has 2 fully saturated rings. The van der Waals surface area contributed by atoms with Crippen molar-refractivity contribution in [1.29, 1.82) is 5.26 Å². The lowest BCUT2D eigenvalue weighted by Gasteiger charge is -2.27. The molecule has 2 aliphatic rings. The molecule has 1 aliphatic carbocycles. The molecule has 1 N–H and O–H groups in total. The average molecular weight is 152 g/mol. The van der Waals surface area contributed by atoms with Crippen LogP contribution in [0.4, 0.5) is 0 Å². The maximum atomic E-state index is 8.74. The predicted molar refractivity (Wildman–Crippen MR) is 39.9 cm³/mol. The Morgan fingerprint density at radius 3 is 2.64 bits per heavy atom. The highest BCUT2D eigenvalue weighted by atomic mass is 16.5. The van der Waals surface area contributed by atoms with Crippen molar-refractivity contribution in [1.82, 2.24) is 5.32 Å². The molecule has 0 aromatic carbocycles. The van der Waals surface area contributed by atoms with E-state index >= 15 is 0 Å². The molecule has 0 spiro atoms. The van der Waals surface area contributed by atoms with Crippen LogP contribution < -0.4 is 5.32 Å². The van der Waals surface area contributed by atoms with Crippen LogP contribution in [0.1, 0.15) is 12.8 Å². The molecule has 1 saturated heterocycles. The number of hydrogen-bond acceptors (Lipinski definition) is 3. The maximum absolute atomic E-state index is 8.74. The van der Waals surface area contributed by atoms with Crippen molar-refractivity contribution < 1.29 is 4.74 Å². The zero-order chi connectivity index (χ0) is 7.73. The third-order valence-corrected chi connectivity index (χ3v) is 2.46. The van der Waals surface area contributed by atoms with Gasteiger partial charge >= 0.3 is 0 Å². The van der Waals surface area contributed by atoms with Crippen molar-refractivity contribution >= 4 is 0 Å². The third-order valence-electron chi connectivity index (χ3n) is 2.46. The Morgan fingerprint density at radius 2 is 2.27 bits per heavy atom. The van der Waals surface area contributed by atoms with Gasteiger partial charge < -0.3 is 10.1 Å². The first-order valence-corrected chi connectivity index (χ1v) is 4.07. The first kappa shape index (κ1) is 7.08. The molecule has 1 saturated carbocycles. The lowest BCUT2D eigenvalue weighted by Crippen LogP contribution is -2.47. The second kappa shape index (κ2) is 2.47. The number of hydrogen-bond donors (Lipinski definition) is 1. The normalized spacial score (nSPS) is 27.2. The van der Waals surface area contributed by atoms with Crippen LogP contribution in [0, 0.1) is 16.7 Å². The summed E-state index contributed by atoms with van der Waals surface area (Å²) in [7, 11) is 0. The quantitative estimate of drug-likeness (QED) is 0.631. The van der Waals surface area contributed by atoms with Crippen LogP contribution in [0.2, 0.25) is 0 Å². The Bertz CT molecular complexity index is 189. The van der Waals surface area contributed by atoms with E-state index in [1.807, 2.05) is 0 Å². The molecule has 3 heteroatoms. The van der Waals surface area contributed by atoms with Gasteiger partial charge in [0, 0.05) is 6.54 Å². The molecule has 1 heterocycles. The van der Waals surface area contributed by atoms with Gasteiger partial charge in [-0.3, -0.25) is 0 Å². The molecule has 0 atom stereocenters. The van der Waals surface area contributed by atoms with E-state index in [1.54, 1.807) is 0 Å². The fourth-order valence-corrected chi connectivity index (χ4v) is 1.17. The van der Waals surface area contributed by atoms with Gasteiger partial charge in [0.05, 0.1) is 30.7 Å². The number of ether oxygens (including phenoxy) is 1. The van der Waals surface area contributed by atoms with Crippen molar-refractivity contribution in [3.05, 3.63) is 0 Å². The summed E-state index contributed by atoms with van der Waals surface area (Å²) in [6.07, 6.45) is 2.15. The Morgan fingerprint density at radius 1 is 1.55 bits per heavy atom. The highest BCUT2D eigenvalue weighted by molar-refractivity contribution is 5.11. The van der Waals surface area contributed by atoms with E-state index in [1.165, 1.54) is 0 Å². The maximum Gasteiger partial charge on any atom is 0.0703 e. The van der Waals surface area contributed by atoms with Gasteiger partial charge in [0.2, 0.25) is 0 Å². The molecule has 1 aliphatic heterocycles. The van der Waals surface area contributed by atoms with Crippen molar-refractivity contribution in [2.24, 2.45) is 5.41 Å². The summed E-state index contributed by atoms with van der Waals surface area (Å²) in [5, 5.41) is 12.1. The predicted octanol–water partition coefficient (Wildman–Crippen LogP) is 0.279. The minimum absolute atomic E-state index is 0.00438. The lowest BCUT2D eigenvalue weighted by atomic mass is 10.1. The zero-order valence-corrected chi connectivity index (χ0v) is 6.47. The van der Waals surface area contributed by atoms with Crippen molar-refractivity contribution in [2.45, 2.75) is 18.9 Å². The average Bonchev–Trinajstić information content (AvgIpc) is 2.66. The molecule has 0 aromatic rings. The monoisotopic (exact) mass is 152 g/mol. The molecule has 2 rings (SSSR count). The molecule has 3 nitrogen and oxygen atoms in total. The van der Waals surface area contributed by atoms with Crippen LogP contribution in [0.15, 0.2) is 0 Å². The van der Waals surface area contributed by atoms with Gasteiger partial charge in [-0.25, -0.2) is 0 Å². The van der Waals surface area contributed by atoms with Crippen molar-refractivity contribution in [2.75, 3.05) is 19.8 Å². The van der Waals surface area contributed by atoms with Crippen LogP contribution in [0.25, 0.3) is 0 Å². The van der Waals surface area contributed by atoms with Gasteiger partial charge in [-0.05, 0) is 12.8 Å². The van der Waals surface area contributed by atoms with Crippen molar-refractivity contribution in [3.8, 4) is 6.07 Å². The van der Waals surface area contributed by atoms with Crippen molar-refractivity contribution in [3.63, 3.8) is 0 Å².